The van der Waals surface area contributed by atoms with E-state index in [1.54, 1.807) is 0 Å². The van der Waals surface area contributed by atoms with E-state index in [1.165, 1.54) is 32.1 Å². The summed E-state index contributed by atoms with van der Waals surface area (Å²) >= 11 is 0. The molecule has 0 saturated heterocycles. The van der Waals surface area contributed by atoms with Crippen LogP contribution in [0.2, 0.25) is 0 Å². The summed E-state index contributed by atoms with van der Waals surface area (Å²) in [5.41, 5.74) is 0.878. The molecule has 0 aliphatic heterocycles. The zero-order valence-corrected chi connectivity index (χ0v) is 9.14. The summed E-state index contributed by atoms with van der Waals surface area (Å²) in [6, 6.07) is 0. The Morgan fingerprint density at radius 3 is 2.15 bits per heavy atom. The fourth-order valence-corrected chi connectivity index (χ4v) is 3.24. The summed E-state index contributed by atoms with van der Waals surface area (Å²) in [5.74, 6) is 0.808. The van der Waals surface area contributed by atoms with Crippen molar-refractivity contribution in [1.82, 2.24) is 0 Å². The molecule has 0 radical (unpaired) electrons. The van der Waals surface area contributed by atoms with Gasteiger partial charge in [-0.25, -0.2) is 0 Å². The molecule has 1 N–H and O–H groups in total. The van der Waals surface area contributed by atoms with E-state index in [-0.39, 0.29) is 6.10 Å². The van der Waals surface area contributed by atoms with Crippen LogP contribution in [0.4, 0.5) is 0 Å². The molecule has 0 aromatic rings. The van der Waals surface area contributed by atoms with Crippen molar-refractivity contribution in [3.05, 3.63) is 0 Å². The number of hydrogen-bond acceptors (Lipinski definition) is 1. The maximum atomic E-state index is 9.77. The largest absolute Gasteiger partial charge is 0.393 e. The molecule has 2 atom stereocenters. The zero-order chi connectivity index (χ0) is 9.69. The van der Waals surface area contributed by atoms with Crippen molar-refractivity contribution in [1.29, 1.82) is 0 Å². The van der Waals surface area contributed by atoms with Gasteiger partial charge in [-0.15, -0.1) is 0 Å². The predicted octanol–water partition coefficient (Wildman–Crippen LogP) is 2.97. The predicted molar refractivity (Wildman–Crippen MR) is 54.5 cm³/mol. The molecule has 2 fully saturated rings. The molecule has 0 aromatic heterocycles. The minimum atomic E-state index is -0.0774. The third-order valence-electron chi connectivity index (χ3n) is 4.44. The summed E-state index contributed by atoms with van der Waals surface area (Å²) in [7, 11) is 0. The summed E-state index contributed by atoms with van der Waals surface area (Å²) in [6.07, 6.45) is 6.49. The van der Waals surface area contributed by atoms with Crippen molar-refractivity contribution in [2.45, 2.75) is 59.0 Å². The van der Waals surface area contributed by atoms with E-state index in [4.69, 9.17) is 0 Å². The number of rotatable bonds is 2. The van der Waals surface area contributed by atoms with Gasteiger partial charge >= 0.3 is 0 Å². The van der Waals surface area contributed by atoms with Crippen molar-refractivity contribution >= 4 is 0 Å². The maximum absolute atomic E-state index is 9.77. The maximum Gasteiger partial charge on any atom is 0.0570 e. The average molecular weight is 182 g/mol. The molecule has 0 bridgehead atoms. The minimum absolute atomic E-state index is 0.0774. The Balaban J connectivity index is 2.04. The Kier molecular flexibility index (Phi) is 1.99. The lowest BCUT2D eigenvalue weighted by atomic mass is 9.81. The Morgan fingerprint density at radius 1 is 1.23 bits per heavy atom. The number of aliphatic hydroxyl groups is 1. The normalized spacial score (nSPS) is 37.4. The van der Waals surface area contributed by atoms with Crippen LogP contribution < -0.4 is 0 Å². The smallest absolute Gasteiger partial charge is 0.0570 e. The van der Waals surface area contributed by atoms with Gasteiger partial charge in [0, 0.05) is 0 Å². The third-order valence-corrected chi connectivity index (χ3v) is 4.44. The van der Waals surface area contributed by atoms with Gasteiger partial charge in [-0.2, -0.15) is 0 Å². The lowest BCUT2D eigenvalue weighted by Crippen LogP contribution is -2.26. The van der Waals surface area contributed by atoms with Gasteiger partial charge in [-0.3, -0.25) is 0 Å². The van der Waals surface area contributed by atoms with Gasteiger partial charge < -0.3 is 5.11 Å². The van der Waals surface area contributed by atoms with Gasteiger partial charge in [-0.1, -0.05) is 13.8 Å². The van der Waals surface area contributed by atoms with Gasteiger partial charge in [0.15, 0.2) is 0 Å². The Morgan fingerprint density at radius 2 is 1.85 bits per heavy atom. The second-order valence-electron chi connectivity index (χ2n) is 6.01. The molecule has 13 heavy (non-hydrogen) atoms. The van der Waals surface area contributed by atoms with E-state index >= 15 is 0 Å². The van der Waals surface area contributed by atoms with E-state index < -0.39 is 0 Å². The quantitative estimate of drug-likeness (QED) is 0.696. The SMILES string of the molecule is CC(O)C1(C2CCC(C)(C)C2)CC1. The van der Waals surface area contributed by atoms with E-state index in [1.807, 2.05) is 6.92 Å². The third kappa shape index (κ3) is 1.52. The van der Waals surface area contributed by atoms with Crippen LogP contribution in [-0.2, 0) is 0 Å². The first-order valence-corrected chi connectivity index (χ1v) is 5.64. The molecule has 2 aliphatic rings. The highest BCUT2D eigenvalue weighted by atomic mass is 16.3. The fraction of sp³-hybridized carbons (Fsp3) is 1.00. The van der Waals surface area contributed by atoms with Crippen LogP contribution in [-0.4, -0.2) is 11.2 Å². The van der Waals surface area contributed by atoms with Crippen LogP contribution in [0.15, 0.2) is 0 Å². The topological polar surface area (TPSA) is 20.2 Å². The first-order valence-electron chi connectivity index (χ1n) is 5.64. The Bertz CT molecular complexity index is 201. The lowest BCUT2D eigenvalue weighted by Gasteiger charge is -2.27. The molecular formula is C12H22O. The van der Waals surface area contributed by atoms with E-state index in [0.717, 1.165) is 5.92 Å². The van der Waals surface area contributed by atoms with Gasteiger partial charge in [0.1, 0.15) is 0 Å². The second-order valence-corrected chi connectivity index (χ2v) is 6.01. The highest BCUT2D eigenvalue weighted by Crippen LogP contribution is 2.62. The zero-order valence-electron chi connectivity index (χ0n) is 9.14. The summed E-state index contributed by atoms with van der Waals surface area (Å²) in [6.45, 7) is 6.72. The molecule has 0 aromatic carbocycles. The molecule has 1 heteroatoms. The molecule has 2 aliphatic carbocycles. The molecule has 0 heterocycles. The number of aliphatic hydroxyl groups excluding tert-OH is 1. The van der Waals surface area contributed by atoms with Crippen molar-refractivity contribution < 1.29 is 5.11 Å². The highest BCUT2D eigenvalue weighted by Gasteiger charge is 2.55. The molecule has 0 amide bonds. The average Bonchev–Trinajstić information content (AvgIpc) is 2.73. The fourth-order valence-electron chi connectivity index (χ4n) is 3.24. The molecule has 2 unspecified atom stereocenters. The van der Waals surface area contributed by atoms with Crippen LogP contribution in [0, 0.1) is 16.7 Å². The summed E-state index contributed by atoms with van der Waals surface area (Å²) < 4.78 is 0. The molecule has 2 saturated carbocycles. The van der Waals surface area contributed by atoms with Gasteiger partial charge in [0.25, 0.3) is 0 Å². The first kappa shape index (κ1) is 9.51. The summed E-state index contributed by atoms with van der Waals surface area (Å²) in [5, 5.41) is 9.77. The molecule has 76 valence electrons. The van der Waals surface area contributed by atoms with E-state index in [2.05, 4.69) is 13.8 Å². The summed E-state index contributed by atoms with van der Waals surface area (Å²) in [4.78, 5) is 0. The minimum Gasteiger partial charge on any atom is -0.393 e. The Hall–Kier alpha value is -0.0400. The van der Waals surface area contributed by atoms with Crippen LogP contribution >= 0.6 is 0 Å². The van der Waals surface area contributed by atoms with Gasteiger partial charge in [0.05, 0.1) is 6.10 Å². The van der Waals surface area contributed by atoms with Crippen molar-refractivity contribution in [2.24, 2.45) is 16.7 Å². The van der Waals surface area contributed by atoms with E-state index in [9.17, 15) is 5.11 Å². The van der Waals surface area contributed by atoms with Gasteiger partial charge in [-0.05, 0) is 55.8 Å². The van der Waals surface area contributed by atoms with Crippen molar-refractivity contribution in [3.8, 4) is 0 Å². The number of hydrogen-bond donors (Lipinski definition) is 1. The standard InChI is InChI=1S/C12H22O/c1-9(13)12(6-7-12)10-4-5-11(2,3)8-10/h9-10,13H,4-8H2,1-3H3. The Labute approximate surface area is 81.5 Å². The lowest BCUT2D eigenvalue weighted by molar-refractivity contribution is 0.0669. The van der Waals surface area contributed by atoms with Crippen molar-refractivity contribution in [2.75, 3.05) is 0 Å². The second kappa shape index (κ2) is 2.73. The van der Waals surface area contributed by atoms with Crippen molar-refractivity contribution in [3.63, 3.8) is 0 Å². The first-order chi connectivity index (χ1) is 5.96. The van der Waals surface area contributed by atoms with Crippen LogP contribution in [0.3, 0.4) is 0 Å². The highest BCUT2D eigenvalue weighted by molar-refractivity contribution is 5.05. The van der Waals surface area contributed by atoms with Crippen LogP contribution in [0.25, 0.3) is 0 Å². The van der Waals surface area contributed by atoms with Crippen LogP contribution in [0.5, 0.6) is 0 Å². The molecule has 1 nitrogen and oxygen atoms in total. The van der Waals surface area contributed by atoms with E-state index in [0.29, 0.717) is 10.8 Å². The molecular weight excluding hydrogens is 160 g/mol. The molecule has 2 rings (SSSR count). The molecule has 0 spiro atoms. The van der Waals surface area contributed by atoms with Gasteiger partial charge in [0.2, 0.25) is 0 Å². The monoisotopic (exact) mass is 182 g/mol. The van der Waals surface area contributed by atoms with Crippen LogP contribution in [0.1, 0.15) is 52.9 Å².